The van der Waals surface area contributed by atoms with E-state index in [2.05, 4.69) is 38.2 Å². The molecule has 0 atom stereocenters. The van der Waals surface area contributed by atoms with Crippen molar-refractivity contribution in [3.8, 4) is 0 Å². The van der Waals surface area contributed by atoms with Gasteiger partial charge in [-0.3, -0.25) is 14.5 Å². The van der Waals surface area contributed by atoms with Gasteiger partial charge in [-0.05, 0) is 56.0 Å². The Kier molecular flexibility index (Phi) is 7.38. The Morgan fingerprint density at radius 1 is 0.968 bits per heavy atom. The maximum absolute atomic E-state index is 13.9. The average Bonchev–Trinajstić information content (AvgIpc) is 2.70. The van der Waals surface area contributed by atoms with Crippen molar-refractivity contribution in [3.05, 3.63) is 69.8 Å². The van der Waals surface area contributed by atoms with Gasteiger partial charge in [-0.1, -0.05) is 17.7 Å². The van der Waals surface area contributed by atoms with Crippen LogP contribution in [0.5, 0.6) is 0 Å². The molecule has 0 aliphatic carbocycles. The molecule has 7 heteroatoms. The fraction of sp³-hybridized carbons (Fsp3) is 0.417. The lowest BCUT2D eigenvalue weighted by molar-refractivity contribution is -0.122. The first-order chi connectivity index (χ1) is 14.7. The van der Waals surface area contributed by atoms with Gasteiger partial charge in [0.05, 0.1) is 12.1 Å². The molecular formula is C24H29F2N3O2. The number of benzene rings is 2. The number of piperazine rings is 1. The van der Waals surface area contributed by atoms with E-state index >= 15 is 0 Å². The van der Waals surface area contributed by atoms with E-state index < -0.39 is 17.5 Å². The third-order valence-electron chi connectivity index (χ3n) is 5.73. The van der Waals surface area contributed by atoms with Crippen LogP contribution in [0, 0.1) is 32.4 Å². The van der Waals surface area contributed by atoms with Crippen LogP contribution in [0.2, 0.25) is 0 Å². The van der Waals surface area contributed by atoms with Crippen LogP contribution in [0.4, 0.5) is 8.78 Å². The summed E-state index contributed by atoms with van der Waals surface area (Å²) in [4.78, 5) is 28.3. The summed E-state index contributed by atoms with van der Waals surface area (Å²) in [5.74, 6) is -2.07. The van der Waals surface area contributed by atoms with Gasteiger partial charge in [0.1, 0.15) is 11.6 Å². The van der Waals surface area contributed by atoms with E-state index in [9.17, 15) is 18.4 Å². The maximum Gasteiger partial charge on any atom is 0.256 e. The Bertz CT molecular complexity index is 946. The number of aryl methyl sites for hydroxylation is 3. The van der Waals surface area contributed by atoms with Crippen molar-refractivity contribution in [2.45, 2.75) is 27.2 Å². The van der Waals surface area contributed by atoms with Crippen LogP contribution in [-0.4, -0.2) is 60.9 Å². The predicted octanol–water partition coefficient (Wildman–Crippen LogP) is 3.01. The van der Waals surface area contributed by atoms with Crippen LogP contribution < -0.4 is 5.32 Å². The number of halogens is 2. The lowest BCUT2D eigenvalue weighted by atomic mass is 9.97. The normalized spacial score (nSPS) is 14.5. The van der Waals surface area contributed by atoms with Gasteiger partial charge in [-0.2, -0.15) is 0 Å². The number of amides is 2. The van der Waals surface area contributed by atoms with Crippen molar-refractivity contribution in [2.75, 3.05) is 39.3 Å². The molecule has 2 aromatic carbocycles. The van der Waals surface area contributed by atoms with Crippen LogP contribution in [0.3, 0.4) is 0 Å². The first-order valence-corrected chi connectivity index (χ1v) is 10.5. The predicted molar refractivity (Wildman–Crippen MR) is 116 cm³/mol. The summed E-state index contributed by atoms with van der Waals surface area (Å²) in [6, 6.07) is 7.28. The number of hydrogen-bond donors (Lipinski definition) is 1. The van der Waals surface area contributed by atoms with E-state index in [-0.39, 0.29) is 18.0 Å². The van der Waals surface area contributed by atoms with Crippen molar-refractivity contribution < 1.29 is 18.4 Å². The number of carbonyl (C=O) groups is 2. The zero-order valence-corrected chi connectivity index (χ0v) is 18.3. The van der Waals surface area contributed by atoms with Gasteiger partial charge < -0.3 is 10.2 Å². The summed E-state index contributed by atoms with van der Waals surface area (Å²) in [6.45, 7) is 8.94. The van der Waals surface area contributed by atoms with E-state index in [1.807, 2.05) is 4.90 Å². The summed E-state index contributed by atoms with van der Waals surface area (Å²) in [7, 11) is 0. The number of nitrogens with one attached hydrogen (secondary N) is 1. The highest BCUT2D eigenvalue weighted by atomic mass is 19.1. The fourth-order valence-corrected chi connectivity index (χ4v) is 4.13. The standard InChI is InChI=1S/C24H29F2N3O2/c1-16-12-17(2)20(18(3)13-16)6-7-27-23(30)15-28-8-10-29(11-9-28)24(31)21-5-4-19(25)14-22(21)26/h4-5,12-14H,6-11,15H2,1-3H3,(H,27,30). The molecule has 0 aromatic heterocycles. The molecule has 1 aliphatic heterocycles. The lowest BCUT2D eigenvalue weighted by Crippen LogP contribution is -2.51. The van der Waals surface area contributed by atoms with Gasteiger partial charge in [0.15, 0.2) is 0 Å². The van der Waals surface area contributed by atoms with Crippen molar-refractivity contribution in [1.82, 2.24) is 15.1 Å². The Balaban J connectivity index is 1.43. The lowest BCUT2D eigenvalue weighted by Gasteiger charge is -2.34. The zero-order valence-electron chi connectivity index (χ0n) is 18.3. The Morgan fingerprint density at radius 3 is 2.23 bits per heavy atom. The zero-order chi connectivity index (χ0) is 22.5. The SMILES string of the molecule is Cc1cc(C)c(CCNC(=O)CN2CCN(C(=O)c3ccc(F)cc3F)CC2)c(C)c1. The number of rotatable bonds is 6. The van der Waals surface area contributed by atoms with Crippen LogP contribution in [0.1, 0.15) is 32.6 Å². The topological polar surface area (TPSA) is 52.7 Å². The molecule has 1 saturated heterocycles. The molecule has 0 spiro atoms. The van der Waals surface area contributed by atoms with Gasteiger partial charge in [-0.15, -0.1) is 0 Å². The summed E-state index contributed by atoms with van der Waals surface area (Å²) < 4.78 is 26.9. The van der Waals surface area contributed by atoms with Crippen molar-refractivity contribution in [2.24, 2.45) is 0 Å². The van der Waals surface area contributed by atoms with Crippen molar-refractivity contribution in [3.63, 3.8) is 0 Å². The summed E-state index contributed by atoms with van der Waals surface area (Å²) in [5.41, 5.74) is 4.86. The van der Waals surface area contributed by atoms with Gasteiger partial charge in [-0.25, -0.2) is 8.78 Å². The van der Waals surface area contributed by atoms with Crippen LogP contribution in [0.15, 0.2) is 30.3 Å². The highest BCUT2D eigenvalue weighted by molar-refractivity contribution is 5.94. The molecule has 1 heterocycles. The fourth-order valence-electron chi connectivity index (χ4n) is 4.13. The molecule has 2 aromatic rings. The van der Waals surface area contributed by atoms with Crippen molar-refractivity contribution >= 4 is 11.8 Å². The second-order valence-corrected chi connectivity index (χ2v) is 8.17. The van der Waals surface area contributed by atoms with Crippen LogP contribution >= 0.6 is 0 Å². The molecule has 0 radical (unpaired) electrons. The van der Waals surface area contributed by atoms with Gasteiger partial charge >= 0.3 is 0 Å². The molecule has 31 heavy (non-hydrogen) atoms. The molecule has 1 N–H and O–H groups in total. The molecule has 5 nitrogen and oxygen atoms in total. The monoisotopic (exact) mass is 429 g/mol. The third-order valence-corrected chi connectivity index (χ3v) is 5.73. The van der Waals surface area contributed by atoms with Crippen LogP contribution in [-0.2, 0) is 11.2 Å². The van der Waals surface area contributed by atoms with Gasteiger partial charge in [0.25, 0.3) is 5.91 Å². The quantitative estimate of drug-likeness (QED) is 0.768. The molecule has 0 unspecified atom stereocenters. The van der Waals surface area contributed by atoms with E-state index in [1.165, 1.54) is 33.2 Å². The Hall–Kier alpha value is -2.80. The van der Waals surface area contributed by atoms with Crippen molar-refractivity contribution in [1.29, 1.82) is 0 Å². The number of nitrogens with zero attached hydrogens (tertiary/aromatic N) is 2. The highest BCUT2D eigenvalue weighted by Gasteiger charge is 2.25. The highest BCUT2D eigenvalue weighted by Crippen LogP contribution is 2.17. The molecule has 1 fully saturated rings. The minimum atomic E-state index is -0.856. The number of carbonyl (C=O) groups excluding carboxylic acids is 2. The smallest absolute Gasteiger partial charge is 0.256 e. The Labute approximate surface area is 182 Å². The molecule has 3 rings (SSSR count). The second kappa shape index (κ2) is 10.0. The molecule has 2 amide bonds. The first kappa shape index (κ1) is 22.9. The molecule has 0 bridgehead atoms. The molecule has 0 saturated carbocycles. The van der Waals surface area contributed by atoms with Gasteiger partial charge in [0, 0.05) is 38.8 Å². The van der Waals surface area contributed by atoms with E-state index in [0.29, 0.717) is 38.8 Å². The van der Waals surface area contributed by atoms with E-state index in [1.54, 1.807) is 0 Å². The second-order valence-electron chi connectivity index (χ2n) is 8.17. The Morgan fingerprint density at radius 2 is 1.61 bits per heavy atom. The molecule has 1 aliphatic rings. The minimum Gasteiger partial charge on any atom is -0.355 e. The minimum absolute atomic E-state index is 0.0493. The largest absolute Gasteiger partial charge is 0.355 e. The molecule has 166 valence electrons. The van der Waals surface area contributed by atoms with E-state index in [4.69, 9.17) is 0 Å². The summed E-state index contributed by atoms with van der Waals surface area (Å²) in [5, 5.41) is 2.97. The van der Waals surface area contributed by atoms with Gasteiger partial charge in [0.2, 0.25) is 5.91 Å². The summed E-state index contributed by atoms with van der Waals surface area (Å²) >= 11 is 0. The van der Waals surface area contributed by atoms with E-state index in [0.717, 1.165) is 12.5 Å². The maximum atomic E-state index is 13.9. The average molecular weight is 430 g/mol. The first-order valence-electron chi connectivity index (χ1n) is 10.5. The van der Waals surface area contributed by atoms with Crippen LogP contribution in [0.25, 0.3) is 0 Å². The number of hydrogen-bond acceptors (Lipinski definition) is 3. The third kappa shape index (κ3) is 5.88. The summed E-state index contributed by atoms with van der Waals surface area (Å²) in [6.07, 6.45) is 0.787. The molecular weight excluding hydrogens is 400 g/mol.